The maximum absolute atomic E-state index is 13.8. The van der Waals surface area contributed by atoms with Crippen LogP contribution in [-0.4, -0.2) is 40.0 Å². The van der Waals surface area contributed by atoms with Gasteiger partial charge in [0.2, 0.25) is 0 Å². The van der Waals surface area contributed by atoms with Crippen molar-refractivity contribution in [3.63, 3.8) is 0 Å². The third kappa shape index (κ3) is 4.22. The molecule has 2 aromatic carbocycles. The zero-order chi connectivity index (χ0) is 20.8. The van der Waals surface area contributed by atoms with Gasteiger partial charge in [0.25, 0.3) is 11.5 Å². The molecule has 0 fully saturated rings. The molecule has 5 nitrogen and oxygen atoms in total. The number of hydrogen-bond donors (Lipinski definition) is 1. The number of amides is 1. The maximum Gasteiger partial charge on any atom is 0.430 e. The van der Waals surface area contributed by atoms with Gasteiger partial charge in [-0.3, -0.25) is 4.79 Å². The monoisotopic (exact) mass is 397 g/mol. The molecule has 0 aliphatic carbocycles. The minimum atomic E-state index is -4.93. The Morgan fingerprint density at radius 3 is 2.14 bits per heavy atom. The predicted molar refractivity (Wildman–Crippen MR) is 97.4 cm³/mol. The average molecular weight is 397 g/mol. The highest BCUT2D eigenvalue weighted by molar-refractivity contribution is 5.87. The molecule has 0 spiro atoms. The number of ether oxygens (including phenoxy) is 3. The molecule has 0 saturated heterocycles. The van der Waals surface area contributed by atoms with Crippen LogP contribution in [0.2, 0.25) is 0 Å². The smallest absolute Gasteiger partial charge is 0.430 e. The summed E-state index contributed by atoms with van der Waals surface area (Å²) in [6.45, 7) is -0.0116. The van der Waals surface area contributed by atoms with Crippen LogP contribution >= 0.6 is 0 Å². The van der Waals surface area contributed by atoms with E-state index in [-0.39, 0.29) is 12.1 Å². The van der Waals surface area contributed by atoms with Crippen LogP contribution in [0, 0.1) is 0 Å². The number of alkyl halides is 3. The van der Waals surface area contributed by atoms with E-state index < -0.39 is 17.7 Å². The van der Waals surface area contributed by atoms with E-state index in [0.29, 0.717) is 17.9 Å². The van der Waals surface area contributed by atoms with E-state index in [0.717, 1.165) is 12.7 Å². The zero-order valence-electron chi connectivity index (χ0n) is 15.8. The van der Waals surface area contributed by atoms with E-state index >= 15 is 0 Å². The summed E-state index contributed by atoms with van der Waals surface area (Å²) < 4.78 is 56.6. The van der Waals surface area contributed by atoms with Crippen molar-refractivity contribution >= 4 is 5.91 Å². The quantitative estimate of drug-likeness (QED) is 0.741. The Kier molecular flexibility index (Phi) is 6.90. The van der Waals surface area contributed by atoms with Gasteiger partial charge in [-0.15, -0.1) is 0 Å². The fourth-order valence-electron chi connectivity index (χ4n) is 2.90. The molecule has 2 aromatic rings. The average Bonchev–Trinajstić information content (AvgIpc) is 2.68. The molecule has 2 rings (SSSR count). The number of nitrogens with one attached hydrogen (secondary N) is 1. The van der Waals surface area contributed by atoms with Gasteiger partial charge in [-0.2, -0.15) is 13.2 Å². The maximum atomic E-state index is 13.8. The van der Waals surface area contributed by atoms with Crippen LogP contribution in [0.15, 0.2) is 48.5 Å². The van der Waals surface area contributed by atoms with E-state index in [1.165, 1.54) is 38.5 Å². The van der Waals surface area contributed by atoms with Crippen molar-refractivity contribution in [2.75, 3.05) is 27.9 Å². The number of rotatable bonds is 8. The summed E-state index contributed by atoms with van der Waals surface area (Å²) in [7, 11) is 3.86. The Morgan fingerprint density at radius 2 is 1.61 bits per heavy atom. The molecule has 0 aliphatic heterocycles. The Bertz CT molecular complexity index is 796. The van der Waals surface area contributed by atoms with Gasteiger partial charge in [0.1, 0.15) is 0 Å². The predicted octanol–water partition coefficient (Wildman–Crippen LogP) is 3.47. The van der Waals surface area contributed by atoms with Crippen LogP contribution in [0.5, 0.6) is 11.5 Å². The highest BCUT2D eigenvalue weighted by atomic mass is 19.4. The van der Waals surface area contributed by atoms with Crippen LogP contribution in [-0.2, 0) is 21.6 Å². The fraction of sp³-hybridized carbons (Fsp3) is 0.350. The van der Waals surface area contributed by atoms with Crippen LogP contribution < -0.4 is 14.8 Å². The van der Waals surface area contributed by atoms with E-state index in [2.05, 4.69) is 5.32 Å². The first-order valence-corrected chi connectivity index (χ1v) is 8.46. The molecule has 0 aliphatic rings. The third-order valence-corrected chi connectivity index (χ3v) is 4.35. The minimum absolute atomic E-state index is 0.0116. The second kappa shape index (κ2) is 8.97. The lowest BCUT2D eigenvalue weighted by Gasteiger charge is -2.33. The SMILES string of the molecule is COc1ccc(CCNC(=O)C(OC)(c2ccccc2)C(F)(F)F)cc1OC. The molecule has 1 N–H and O–H groups in total. The first-order valence-electron chi connectivity index (χ1n) is 8.46. The number of benzene rings is 2. The summed E-state index contributed by atoms with van der Waals surface area (Å²) in [5.74, 6) is -0.235. The molecular formula is C20H22F3NO4. The standard InChI is InChI=1S/C20H22F3NO4/c1-26-16-10-9-14(13-17(16)27-2)11-12-24-18(25)19(28-3,20(21,22)23)15-7-5-4-6-8-15/h4-10,13H,11-12H2,1-3H3,(H,24,25). The second-order valence-electron chi connectivity index (χ2n) is 5.94. The van der Waals surface area contributed by atoms with E-state index in [9.17, 15) is 18.0 Å². The van der Waals surface area contributed by atoms with Crippen molar-refractivity contribution in [1.82, 2.24) is 5.32 Å². The van der Waals surface area contributed by atoms with Gasteiger partial charge >= 0.3 is 6.18 Å². The van der Waals surface area contributed by atoms with Gasteiger partial charge in [0.15, 0.2) is 11.5 Å². The van der Waals surface area contributed by atoms with Gasteiger partial charge in [-0.1, -0.05) is 36.4 Å². The molecule has 1 unspecified atom stereocenters. The van der Waals surface area contributed by atoms with Crippen molar-refractivity contribution < 1.29 is 32.2 Å². The number of carbonyl (C=O) groups is 1. The molecular weight excluding hydrogens is 375 g/mol. The second-order valence-corrected chi connectivity index (χ2v) is 5.94. The zero-order valence-corrected chi connectivity index (χ0v) is 15.8. The number of carbonyl (C=O) groups excluding carboxylic acids is 1. The third-order valence-electron chi connectivity index (χ3n) is 4.35. The van der Waals surface area contributed by atoms with E-state index in [4.69, 9.17) is 14.2 Å². The van der Waals surface area contributed by atoms with E-state index in [1.54, 1.807) is 24.3 Å². The highest BCUT2D eigenvalue weighted by Gasteiger charge is 2.62. The first-order chi connectivity index (χ1) is 13.3. The summed E-state index contributed by atoms with van der Waals surface area (Å²) in [6, 6.07) is 12.0. The normalized spacial score (nSPS) is 13.5. The summed E-state index contributed by atoms with van der Waals surface area (Å²) in [5, 5.41) is 2.34. The molecule has 0 saturated carbocycles. The van der Waals surface area contributed by atoms with Crippen LogP contribution in [0.3, 0.4) is 0 Å². The van der Waals surface area contributed by atoms with Gasteiger partial charge in [0, 0.05) is 19.2 Å². The molecule has 0 heterocycles. The van der Waals surface area contributed by atoms with Crippen LogP contribution in [0.4, 0.5) is 13.2 Å². The van der Waals surface area contributed by atoms with Crippen LogP contribution in [0.25, 0.3) is 0 Å². The summed E-state index contributed by atoms with van der Waals surface area (Å²) in [6.07, 6.45) is -4.63. The highest BCUT2D eigenvalue weighted by Crippen LogP contribution is 2.42. The van der Waals surface area contributed by atoms with E-state index in [1.807, 2.05) is 0 Å². The lowest BCUT2D eigenvalue weighted by Crippen LogP contribution is -2.56. The fourth-order valence-corrected chi connectivity index (χ4v) is 2.90. The van der Waals surface area contributed by atoms with Crippen molar-refractivity contribution in [3.05, 3.63) is 59.7 Å². The van der Waals surface area contributed by atoms with Crippen molar-refractivity contribution in [2.45, 2.75) is 18.2 Å². The number of hydrogen-bond acceptors (Lipinski definition) is 4. The minimum Gasteiger partial charge on any atom is -0.493 e. The van der Waals surface area contributed by atoms with Crippen molar-refractivity contribution in [3.8, 4) is 11.5 Å². The van der Waals surface area contributed by atoms with Gasteiger partial charge in [-0.05, 0) is 24.1 Å². The topological polar surface area (TPSA) is 56.8 Å². The van der Waals surface area contributed by atoms with Gasteiger partial charge < -0.3 is 19.5 Å². The van der Waals surface area contributed by atoms with Gasteiger partial charge in [0.05, 0.1) is 14.2 Å². The molecule has 1 amide bonds. The molecule has 1 atom stereocenters. The molecule has 0 radical (unpaired) electrons. The van der Waals surface area contributed by atoms with Crippen molar-refractivity contribution in [1.29, 1.82) is 0 Å². The Morgan fingerprint density at radius 1 is 0.964 bits per heavy atom. The van der Waals surface area contributed by atoms with Gasteiger partial charge in [-0.25, -0.2) is 0 Å². The molecule has 0 bridgehead atoms. The lowest BCUT2D eigenvalue weighted by atomic mass is 9.91. The Hall–Kier alpha value is -2.74. The summed E-state index contributed by atoms with van der Waals surface area (Å²) in [5.41, 5.74) is -2.59. The van der Waals surface area contributed by atoms with Crippen LogP contribution in [0.1, 0.15) is 11.1 Å². The molecule has 0 aromatic heterocycles. The lowest BCUT2D eigenvalue weighted by molar-refractivity contribution is -0.265. The number of methoxy groups -OCH3 is 3. The Balaban J connectivity index is 2.17. The Labute approximate surface area is 161 Å². The number of halogens is 3. The summed E-state index contributed by atoms with van der Waals surface area (Å²) in [4.78, 5) is 12.6. The molecule has 28 heavy (non-hydrogen) atoms. The first kappa shape index (κ1) is 21.6. The molecule has 8 heteroatoms. The van der Waals surface area contributed by atoms with Crippen molar-refractivity contribution in [2.24, 2.45) is 0 Å². The largest absolute Gasteiger partial charge is 0.493 e. The molecule has 152 valence electrons. The summed E-state index contributed by atoms with van der Waals surface area (Å²) >= 11 is 0.